The van der Waals surface area contributed by atoms with E-state index in [1.165, 1.54) is 10.5 Å². The number of likely N-dealkylation sites (tertiary alicyclic amines) is 1. The minimum atomic E-state index is -0.839. The second-order valence-corrected chi connectivity index (χ2v) is 8.27. The van der Waals surface area contributed by atoms with E-state index in [1.54, 1.807) is 0 Å². The van der Waals surface area contributed by atoms with E-state index in [0.29, 0.717) is 19.7 Å². The monoisotopic (exact) mass is 466 g/mol. The molecule has 5 nitrogen and oxygen atoms in total. The van der Waals surface area contributed by atoms with Crippen molar-refractivity contribution < 1.29 is 14.6 Å². The van der Waals surface area contributed by atoms with E-state index in [9.17, 15) is 4.79 Å². The molecule has 1 aliphatic heterocycles. The molecule has 1 amide bonds. The summed E-state index contributed by atoms with van der Waals surface area (Å²) in [5, 5.41) is 13.5. The normalized spacial score (nSPS) is 16.0. The van der Waals surface area contributed by atoms with Gasteiger partial charge in [-0.2, -0.15) is 0 Å². The molecule has 28 heavy (non-hydrogen) atoms. The fourth-order valence-electron chi connectivity index (χ4n) is 3.39. The molecule has 7 heteroatoms. The molecule has 2 aromatic rings. The first-order valence-electron chi connectivity index (χ1n) is 9.37. The van der Waals surface area contributed by atoms with Crippen molar-refractivity contribution in [1.82, 2.24) is 10.2 Å². The lowest BCUT2D eigenvalue weighted by molar-refractivity contribution is 0.125. The summed E-state index contributed by atoms with van der Waals surface area (Å²) in [5.41, 5.74) is 1.18. The Morgan fingerprint density at radius 1 is 1.21 bits per heavy atom. The molecule has 0 aliphatic carbocycles. The predicted molar refractivity (Wildman–Crippen MR) is 114 cm³/mol. The van der Waals surface area contributed by atoms with E-state index in [4.69, 9.17) is 21.4 Å². The molecule has 1 aliphatic rings. The van der Waals surface area contributed by atoms with Crippen molar-refractivity contribution >= 4 is 33.6 Å². The molecule has 2 N–H and O–H groups in total. The van der Waals surface area contributed by atoms with Crippen LogP contribution in [-0.2, 0) is 6.42 Å². The van der Waals surface area contributed by atoms with Crippen molar-refractivity contribution in [2.45, 2.75) is 31.3 Å². The smallest absolute Gasteiger partial charge is 0.407 e. The average molecular weight is 468 g/mol. The van der Waals surface area contributed by atoms with Crippen molar-refractivity contribution in [2.24, 2.45) is 0 Å². The van der Waals surface area contributed by atoms with E-state index < -0.39 is 6.09 Å². The first-order valence-corrected chi connectivity index (χ1v) is 10.5. The molecular formula is C21H24BrClN2O3. The van der Waals surface area contributed by atoms with Crippen molar-refractivity contribution in [2.75, 3.05) is 19.7 Å². The van der Waals surface area contributed by atoms with Gasteiger partial charge >= 0.3 is 6.09 Å². The molecular weight excluding hydrogens is 444 g/mol. The Hall–Kier alpha value is -1.76. The van der Waals surface area contributed by atoms with Crippen molar-refractivity contribution in [3.05, 3.63) is 63.6 Å². The third-order valence-corrected chi connectivity index (χ3v) is 5.82. The van der Waals surface area contributed by atoms with Gasteiger partial charge in [0.2, 0.25) is 0 Å². The highest BCUT2D eigenvalue weighted by Gasteiger charge is 2.24. The van der Waals surface area contributed by atoms with E-state index in [-0.39, 0.29) is 12.1 Å². The third kappa shape index (κ3) is 6.12. The topological polar surface area (TPSA) is 61.8 Å². The van der Waals surface area contributed by atoms with Crippen LogP contribution in [0.4, 0.5) is 4.79 Å². The minimum Gasteiger partial charge on any atom is -0.491 e. The zero-order chi connectivity index (χ0) is 19.9. The summed E-state index contributed by atoms with van der Waals surface area (Å²) < 4.78 is 6.98. The van der Waals surface area contributed by atoms with Crippen LogP contribution in [0, 0.1) is 0 Å². The number of benzene rings is 2. The zero-order valence-electron chi connectivity index (χ0n) is 15.5. The van der Waals surface area contributed by atoms with Crippen LogP contribution >= 0.6 is 27.5 Å². The molecule has 0 radical (unpaired) electrons. The van der Waals surface area contributed by atoms with E-state index in [1.807, 2.05) is 48.5 Å². The highest BCUT2D eigenvalue weighted by molar-refractivity contribution is 9.10. The number of carbonyl (C=O) groups is 1. The lowest BCUT2D eigenvalue weighted by Gasteiger charge is -2.33. The Balaban J connectivity index is 1.63. The number of rotatable bonds is 7. The second-order valence-electron chi connectivity index (χ2n) is 6.98. The molecule has 2 aromatic carbocycles. The second kappa shape index (κ2) is 10.1. The molecule has 150 valence electrons. The van der Waals surface area contributed by atoms with Gasteiger partial charge in [0, 0.05) is 30.2 Å². The average Bonchev–Trinajstić information content (AvgIpc) is 2.69. The van der Waals surface area contributed by atoms with Gasteiger partial charge in [0.05, 0.1) is 4.47 Å². The van der Waals surface area contributed by atoms with Crippen LogP contribution in [0.2, 0.25) is 5.02 Å². The first kappa shape index (κ1) is 21.0. The molecule has 0 spiro atoms. The van der Waals surface area contributed by atoms with Gasteiger partial charge < -0.3 is 20.1 Å². The lowest BCUT2D eigenvalue weighted by atomic mass is 10.0. The summed E-state index contributed by atoms with van der Waals surface area (Å²) in [5.74, 6) is 0.811. The van der Waals surface area contributed by atoms with Crippen LogP contribution < -0.4 is 10.1 Å². The molecule has 1 atom stereocenters. The number of para-hydroxylation sites is 1. The largest absolute Gasteiger partial charge is 0.491 e. The molecule has 1 unspecified atom stereocenters. The molecule has 0 aromatic heterocycles. The van der Waals surface area contributed by atoms with E-state index >= 15 is 0 Å². The van der Waals surface area contributed by atoms with Crippen LogP contribution in [0.25, 0.3) is 0 Å². The van der Waals surface area contributed by atoms with Gasteiger partial charge in [0.15, 0.2) is 0 Å². The quantitative estimate of drug-likeness (QED) is 0.612. The Labute approximate surface area is 178 Å². The van der Waals surface area contributed by atoms with Crippen molar-refractivity contribution in [1.29, 1.82) is 0 Å². The number of nitrogens with zero attached hydrogens (tertiary/aromatic N) is 1. The zero-order valence-corrected chi connectivity index (χ0v) is 17.8. The maximum Gasteiger partial charge on any atom is 0.407 e. The summed E-state index contributed by atoms with van der Waals surface area (Å²) in [6.07, 6.45) is 1.57. The molecule has 0 saturated carbocycles. The standard InChI is InChI=1S/C21H24BrClN2O3/c22-19-3-1-2-4-20(19)28-14-18(13-15-5-7-16(23)8-6-15)24-17-9-11-25(12-10-17)21(26)27/h1-8,17-18,24H,9-14H2,(H,26,27). The fraction of sp³-hybridized carbons (Fsp3) is 0.381. The number of hydrogen-bond donors (Lipinski definition) is 2. The Morgan fingerprint density at radius 3 is 2.54 bits per heavy atom. The first-order chi connectivity index (χ1) is 13.5. The van der Waals surface area contributed by atoms with Crippen LogP contribution in [0.3, 0.4) is 0 Å². The number of amides is 1. The summed E-state index contributed by atoms with van der Waals surface area (Å²) in [6.45, 7) is 1.64. The van der Waals surface area contributed by atoms with Crippen LogP contribution in [0.1, 0.15) is 18.4 Å². The molecule has 3 rings (SSSR count). The number of nitrogens with one attached hydrogen (secondary N) is 1. The Morgan fingerprint density at radius 2 is 1.89 bits per heavy atom. The predicted octanol–water partition coefficient (Wildman–Crippen LogP) is 4.82. The fourth-order valence-corrected chi connectivity index (χ4v) is 3.92. The molecule has 1 heterocycles. The third-order valence-electron chi connectivity index (χ3n) is 4.91. The number of halogens is 2. The molecule has 1 saturated heterocycles. The van der Waals surface area contributed by atoms with Crippen LogP contribution in [0.15, 0.2) is 53.0 Å². The highest BCUT2D eigenvalue weighted by atomic mass is 79.9. The Bertz CT molecular complexity index is 779. The summed E-state index contributed by atoms with van der Waals surface area (Å²) in [7, 11) is 0. The Kier molecular flexibility index (Phi) is 7.59. The van der Waals surface area contributed by atoms with Crippen LogP contribution in [-0.4, -0.2) is 47.9 Å². The van der Waals surface area contributed by atoms with Gasteiger partial charge in [0.1, 0.15) is 12.4 Å². The van der Waals surface area contributed by atoms with Gasteiger partial charge in [-0.05, 0) is 65.0 Å². The van der Waals surface area contributed by atoms with Crippen molar-refractivity contribution in [3.8, 4) is 5.75 Å². The summed E-state index contributed by atoms with van der Waals surface area (Å²) in [4.78, 5) is 12.6. The van der Waals surface area contributed by atoms with E-state index in [2.05, 4.69) is 21.2 Å². The van der Waals surface area contributed by atoms with Gasteiger partial charge in [-0.3, -0.25) is 0 Å². The number of hydrogen-bond acceptors (Lipinski definition) is 3. The van der Waals surface area contributed by atoms with Gasteiger partial charge in [-0.25, -0.2) is 4.79 Å². The maximum atomic E-state index is 11.1. The van der Waals surface area contributed by atoms with Gasteiger partial charge in [-0.1, -0.05) is 35.9 Å². The summed E-state index contributed by atoms with van der Waals surface area (Å²) in [6, 6.07) is 16.0. The van der Waals surface area contributed by atoms with Crippen LogP contribution in [0.5, 0.6) is 5.75 Å². The summed E-state index contributed by atoms with van der Waals surface area (Å²) >= 11 is 9.52. The molecule has 0 bridgehead atoms. The number of carboxylic acid groups (broad SMARTS) is 1. The minimum absolute atomic E-state index is 0.106. The molecule has 1 fully saturated rings. The lowest BCUT2D eigenvalue weighted by Crippen LogP contribution is -2.49. The number of piperidine rings is 1. The SMILES string of the molecule is O=C(O)N1CCC(NC(COc2ccccc2Br)Cc2ccc(Cl)cc2)CC1. The van der Waals surface area contributed by atoms with Crippen molar-refractivity contribution in [3.63, 3.8) is 0 Å². The highest BCUT2D eigenvalue weighted by Crippen LogP contribution is 2.24. The maximum absolute atomic E-state index is 11.1. The van der Waals surface area contributed by atoms with E-state index in [0.717, 1.165) is 34.5 Å². The van der Waals surface area contributed by atoms with Gasteiger partial charge in [0.25, 0.3) is 0 Å². The van der Waals surface area contributed by atoms with Gasteiger partial charge in [-0.15, -0.1) is 0 Å². The number of ether oxygens (including phenoxy) is 1.